The molecule has 0 spiro atoms. The fourth-order valence-corrected chi connectivity index (χ4v) is 3.51. The Bertz CT molecular complexity index is 712. The number of carbonyl (C=O) groups is 2. The summed E-state index contributed by atoms with van der Waals surface area (Å²) in [5.41, 5.74) is 1.43. The quantitative estimate of drug-likeness (QED) is 0.915. The van der Waals surface area contributed by atoms with Crippen molar-refractivity contribution in [2.45, 2.75) is 38.9 Å². The molecule has 5 heteroatoms. The number of hydrogen-bond acceptors (Lipinski definition) is 3. The van der Waals surface area contributed by atoms with E-state index in [0.29, 0.717) is 12.1 Å². The maximum absolute atomic E-state index is 12.8. The van der Waals surface area contributed by atoms with Gasteiger partial charge in [-0.05, 0) is 36.4 Å². The smallest absolute Gasteiger partial charge is 0.255 e. The normalized spacial score (nSPS) is 17.9. The molecule has 2 heterocycles. The summed E-state index contributed by atoms with van der Waals surface area (Å²) >= 11 is 1.60. The highest BCUT2D eigenvalue weighted by Gasteiger charge is 2.41. The number of benzene rings is 1. The third kappa shape index (κ3) is 3.01. The molecule has 1 aliphatic heterocycles. The van der Waals surface area contributed by atoms with E-state index in [0.717, 1.165) is 16.9 Å². The highest BCUT2D eigenvalue weighted by atomic mass is 32.1. The van der Waals surface area contributed by atoms with Gasteiger partial charge in [0, 0.05) is 16.5 Å². The first-order valence-electron chi connectivity index (χ1n) is 7.84. The van der Waals surface area contributed by atoms with Crippen LogP contribution >= 0.6 is 11.3 Å². The summed E-state index contributed by atoms with van der Waals surface area (Å²) in [6, 6.07) is 10.9. The van der Waals surface area contributed by atoms with Crippen LogP contribution < -0.4 is 5.32 Å². The van der Waals surface area contributed by atoms with E-state index in [-0.39, 0.29) is 17.9 Å². The molecule has 1 aliphatic rings. The number of amides is 2. The van der Waals surface area contributed by atoms with Gasteiger partial charge in [0.25, 0.3) is 5.91 Å². The Kier molecular flexibility index (Phi) is 4.48. The highest BCUT2D eigenvalue weighted by Crippen LogP contribution is 2.35. The number of carbonyl (C=O) groups excluding carboxylic acids is 2. The fourth-order valence-electron chi connectivity index (χ4n) is 2.81. The molecular weight excluding hydrogens is 308 g/mol. The maximum Gasteiger partial charge on any atom is 0.255 e. The lowest BCUT2D eigenvalue weighted by atomic mass is 10.0. The molecule has 2 amide bonds. The van der Waals surface area contributed by atoms with Crippen molar-refractivity contribution in [3.05, 3.63) is 57.8 Å². The van der Waals surface area contributed by atoms with E-state index in [1.54, 1.807) is 22.3 Å². The maximum atomic E-state index is 12.8. The van der Waals surface area contributed by atoms with Gasteiger partial charge in [-0.1, -0.05) is 31.2 Å². The number of rotatable bonds is 5. The minimum absolute atomic E-state index is 0.0710. The molecule has 1 N–H and O–H groups in total. The first kappa shape index (κ1) is 15.7. The first-order chi connectivity index (χ1) is 11.1. The van der Waals surface area contributed by atoms with Gasteiger partial charge in [0.15, 0.2) is 0 Å². The number of nitrogens with zero attached hydrogens (tertiary/aromatic N) is 1. The highest BCUT2D eigenvalue weighted by molar-refractivity contribution is 7.09. The van der Waals surface area contributed by atoms with Crippen LogP contribution in [0.5, 0.6) is 0 Å². The minimum Gasteiger partial charge on any atom is -0.352 e. The Morgan fingerprint density at radius 3 is 2.78 bits per heavy atom. The molecule has 2 aromatic rings. The van der Waals surface area contributed by atoms with Gasteiger partial charge in [-0.15, -0.1) is 11.3 Å². The molecular formula is C18H20N2O2S. The van der Waals surface area contributed by atoms with E-state index in [1.807, 2.05) is 49.6 Å². The summed E-state index contributed by atoms with van der Waals surface area (Å²) < 4.78 is 0. The van der Waals surface area contributed by atoms with Crippen molar-refractivity contribution in [2.24, 2.45) is 0 Å². The Hall–Kier alpha value is -2.14. The van der Waals surface area contributed by atoms with Gasteiger partial charge in [-0.2, -0.15) is 0 Å². The van der Waals surface area contributed by atoms with Gasteiger partial charge in [0.2, 0.25) is 5.91 Å². The molecule has 2 atom stereocenters. The average molecular weight is 328 g/mol. The molecule has 120 valence electrons. The van der Waals surface area contributed by atoms with Gasteiger partial charge in [0.05, 0.1) is 6.54 Å². The molecule has 0 saturated carbocycles. The fraction of sp³-hybridized carbons (Fsp3) is 0.333. The lowest BCUT2D eigenvalue weighted by Crippen LogP contribution is -2.42. The van der Waals surface area contributed by atoms with Crippen LogP contribution in [-0.2, 0) is 11.3 Å². The van der Waals surface area contributed by atoms with E-state index in [1.165, 1.54) is 0 Å². The summed E-state index contributed by atoms with van der Waals surface area (Å²) in [6.45, 7) is 4.47. The molecule has 1 aromatic carbocycles. The van der Waals surface area contributed by atoms with Crippen LogP contribution in [0.1, 0.15) is 47.1 Å². The molecule has 0 bridgehead atoms. The van der Waals surface area contributed by atoms with E-state index < -0.39 is 6.04 Å². The summed E-state index contributed by atoms with van der Waals surface area (Å²) in [6.07, 6.45) is 0.860. The number of thiophene rings is 1. The van der Waals surface area contributed by atoms with Crippen LogP contribution in [0.3, 0.4) is 0 Å². The van der Waals surface area contributed by atoms with Crippen LogP contribution in [-0.4, -0.2) is 22.8 Å². The van der Waals surface area contributed by atoms with Crippen LogP contribution in [0.4, 0.5) is 0 Å². The van der Waals surface area contributed by atoms with Crippen molar-refractivity contribution >= 4 is 23.2 Å². The van der Waals surface area contributed by atoms with Crippen molar-refractivity contribution in [2.75, 3.05) is 0 Å². The lowest BCUT2D eigenvalue weighted by molar-refractivity contribution is -0.126. The summed E-state index contributed by atoms with van der Waals surface area (Å²) in [4.78, 5) is 28.3. The van der Waals surface area contributed by atoms with Crippen LogP contribution in [0.15, 0.2) is 41.8 Å². The largest absolute Gasteiger partial charge is 0.352 e. The van der Waals surface area contributed by atoms with Gasteiger partial charge in [0.1, 0.15) is 6.04 Å². The average Bonchev–Trinajstić information content (AvgIpc) is 3.15. The lowest BCUT2D eigenvalue weighted by Gasteiger charge is -2.25. The van der Waals surface area contributed by atoms with E-state index >= 15 is 0 Å². The number of fused-ring (bicyclic) bond motifs is 1. The van der Waals surface area contributed by atoms with Crippen LogP contribution in [0.25, 0.3) is 0 Å². The first-order valence-corrected chi connectivity index (χ1v) is 8.72. The van der Waals surface area contributed by atoms with Gasteiger partial charge in [-0.3, -0.25) is 9.59 Å². The Morgan fingerprint density at radius 1 is 1.30 bits per heavy atom. The second-order valence-electron chi connectivity index (χ2n) is 5.82. The third-order valence-electron chi connectivity index (χ3n) is 4.21. The molecule has 23 heavy (non-hydrogen) atoms. The second-order valence-corrected chi connectivity index (χ2v) is 6.85. The molecule has 0 radical (unpaired) electrons. The predicted octanol–water partition coefficient (Wildman–Crippen LogP) is 3.36. The van der Waals surface area contributed by atoms with E-state index in [4.69, 9.17) is 0 Å². The molecule has 3 rings (SSSR count). The van der Waals surface area contributed by atoms with Crippen molar-refractivity contribution in [3.8, 4) is 0 Å². The minimum atomic E-state index is -0.546. The van der Waals surface area contributed by atoms with Crippen molar-refractivity contribution in [1.82, 2.24) is 10.2 Å². The molecule has 0 aliphatic carbocycles. The van der Waals surface area contributed by atoms with Gasteiger partial charge in [-0.25, -0.2) is 0 Å². The van der Waals surface area contributed by atoms with Crippen LogP contribution in [0.2, 0.25) is 0 Å². The summed E-state index contributed by atoms with van der Waals surface area (Å²) in [7, 11) is 0. The zero-order valence-electron chi connectivity index (χ0n) is 13.3. The Labute approximate surface area is 140 Å². The standard InChI is InChI=1S/C18H20N2O2S/c1-3-12(2)19-17(21)16-14-8-4-5-9-15(14)18(22)20(16)11-13-7-6-10-23-13/h4-10,12,16H,3,11H2,1-2H3,(H,19,21). The van der Waals surface area contributed by atoms with Crippen LogP contribution in [0, 0.1) is 0 Å². The predicted molar refractivity (Wildman–Crippen MR) is 91.3 cm³/mol. The SMILES string of the molecule is CCC(C)NC(=O)C1c2ccccc2C(=O)N1Cc1cccs1. The molecule has 1 aromatic heterocycles. The van der Waals surface area contributed by atoms with Crippen molar-refractivity contribution in [1.29, 1.82) is 0 Å². The van der Waals surface area contributed by atoms with Crippen molar-refractivity contribution in [3.63, 3.8) is 0 Å². The Morgan fingerprint density at radius 2 is 2.09 bits per heavy atom. The summed E-state index contributed by atoms with van der Waals surface area (Å²) in [5, 5.41) is 5.00. The molecule has 0 fully saturated rings. The summed E-state index contributed by atoms with van der Waals surface area (Å²) in [5.74, 6) is -0.174. The van der Waals surface area contributed by atoms with Crippen molar-refractivity contribution < 1.29 is 9.59 Å². The zero-order valence-corrected chi connectivity index (χ0v) is 14.1. The van der Waals surface area contributed by atoms with E-state index in [2.05, 4.69) is 5.32 Å². The second kappa shape index (κ2) is 6.54. The Balaban J connectivity index is 1.93. The topological polar surface area (TPSA) is 49.4 Å². The number of hydrogen-bond donors (Lipinski definition) is 1. The van der Waals surface area contributed by atoms with Gasteiger partial charge < -0.3 is 10.2 Å². The number of nitrogens with one attached hydrogen (secondary N) is 1. The zero-order chi connectivity index (χ0) is 16.4. The van der Waals surface area contributed by atoms with Gasteiger partial charge >= 0.3 is 0 Å². The third-order valence-corrected chi connectivity index (χ3v) is 5.08. The monoisotopic (exact) mass is 328 g/mol. The van der Waals surface area contributed by atoms with E-state index in [9.17, 15) is 9.59 Å². The molecule has 2 unspecified atom stereocenters. The molecule has 0 saturated heterocycles. The molecule has 4 nitrogen and oxygen atoms in total.